The maximum absolute atomic E-state index is 12.5. The third-order valence-electron chi connectivity index (χ3n) is 4.39. The number of rotatable bonds is 1. The van der Waals surface area contributed by atoms with Crippen LogP contribution in [0.3, 0.4) is 0 Å². The molecule has 0 saturated heterocycles. The first-order valence-corrected chi connectivity index (χ1v) is 7.47. The highest BCUT2D eigenvalue weighted by molar-refractivity contribution is 6.34. The van der Waals surface area contributed by atoms with Crippen LogP contribution in [0.2, 0.25) is 0 Å². The summed E-state index contributed by atoms with van der Waals surface area (Å²) in [5.41, 5.74) is 3.26. The van der Waals surface area contributed by atoms with Crippen molar-refractivity contribution in [2.75, 3.05) is 16.3 Å². The van der Waals surface area contributed by atoms with Crippen LogP contribution in [0.25, 0.3) is 0 Å². The molecule has 2 aromatic carbocycles. The molecule has 2 aliphatic rings. The maximum Gasteiger partial charge on any atom is 0.266 e. The molecule has 0 unspecified atom stereocenters. The maximum atomic E-state index is 12.5. The van der Waals surface area contributed by atoms with Crippen LogP contribution in [0.5, 0.6) is 0 Å². The van der Waals surface area contributed by atoms with Crippen LogP contribution in [0, 0.1) is 0 Å². The quantitative estimate of drug-likeness (QED) is 0.760. The van der Waals surface area contributed by atoms with E-state index in [0.717, 1.165) is 17.7 Å². The van der Waals surface area contributed by atoms with Crippen molar-refractivity contribution in [3.8, 4) is 0 Å². The van der Waals surface area contributed by atoms with Gasteiger partial charge in [-0.25, -0.2) is 4.90 Å². The van der Waals surface area contributed by atoms with Crippen molar-refractivity contribution in [2.24, 2.45) is 0 Å². The van der Waals surface area contributed by atoms with E-state index in [0.29, 0.717) is 23.4 Å². The number of imide groups is 1. The number of amides is 3. The minimum Gasteiger partial charge on any atom is -0.312 e. The molecule has 2 aliphatic heterocycles. The summed E-state index contributed by atoms with van der Waals surface area (Å²) in [6.45, 7) is 2.17. The van der Waals surface area contributed by atoms with E-state index in [1.165, 1.54) is 11.8 Å². The number of carbonyl (C=O) groups excluding carboxylic acids is 3. The molecule has 2 aromatic rings. The molecule has 5 nitrogen and oxygen atoms in total. The summed E-state index contributed by atoms with van der Waals surface area (Å²) >= 11 is 0. The molecule has 0 bridgehead atoms. The molecule has 2 heterocycles. The van der Waals surface area contributed by atoms with E-state index in [1.54, 1.807) is 35.2 Å². The monoisotopic (exact) mass is 306 g/mol. The predicted octanol–water partition coefficient (Wildman–Crippen LogP) is 2.40. The van der Waals surface area contributed by atoms with Crippen LogP contribution >= 0.6 is 0 Å². The Hall–Kier alpha value is -2.95. The average molecular weight is 306 g/mol. The standard InChI is InChI=1S/C18H14N2O3/c1-11(21)19-9-8-12-10-13(6-7-16(12)19)20-17(22)14-4-2-3-5-15(14)18(20)23/h2-7,10H,8-9H2,1H3. The number of hydrogen-bond acceptors (Lipinski definition) is 3. The molecular weight excluding hydrogens is 292 g/mol. The summed E-state index contributed by atoms with van der Waals surface area (Å²) < 4.78 is 0. The zero-order valence-electron chi connectivity index (χ0n) is 12.6. The van der Waals surface area contributed by atoms with E-state index in [9.17, 15) is 14.4 Å². The molecule has 0 fully saturated rings. The molecule has 4 rings (SSSR count). The molecule has 23 heavy (non-hydrogen) atoms. The third kappa shape index (κ3) is 1.90. The minimum atomic E-state index is -0.299. The zero-order valence-corrected chi connectivity index (χ0v) is 12.6. The van der Waals surface area contributed by atoms with Gasteiger partial charge in [0.1, 0.15) is 0 Å². The van der Waals surface area contributed by atoms with Crippen LogP contribution in [-0.2, 0) is 11.2 Å². The Morgan fingerprint density at radius 3 is 2.26 bits per heavy atom. The number of anilines is 2. The molecule has 0 radical (unpaired) electrons. The summed E-state index contributed by atoms with van der Waals surface area (Å²) in [4.78, 5) is 39.6. The van der Waals surface area contributed by atoms with Gasteiger partial charge in [-0.2, -0.15) is 0 Å². The third-order valence-corrected chi connectivity index (χ3v) is 4.39. The summed E-state index contributed by atoms with van der Waals surface area (Å²) in [7, 11) is 0. The Balaban J connectivity index is 1.75. The Labute approximate surface area is 133 Å². The molecule has 114 valence electrons. The van der Waals surface area contributed by atoms with Gasteiger partial charge in [-0.3, -0.25) is 14.4 Å². The van der Waals surface area contributed by atoms with Gasteiger partial charge in [-0.15, -0.1) is 0 Å². The molecular formula is C18H14N2O3. The molecule has 5 heteroatoms. The smallest absolute Gasteiger partial charge is 0.266 e. The van der Waals surface area contributed by atoms with Crippen LogP contribution in [0.4, 0.5) is 11.4 Å². The average Bonchev–Trinajstić information content (AvgIpc) is 3.07. The SMILES string of the molecule is CC(=O)N1CCc2cc(N3C(=O)c4ccccc4C3=O)ccc21. The van der Waals surface area contributed by atoms with Crippen LogP contribution < -0.4 is 9.80 Å². The summed E-state index contributed by atoms with van der Waals surface area (Å²) in [6, 6.07) is 12.2. The van der Waals surface area contributed by atoms with E-state index in [4.69, 9.17) is 0 Å². The van der Waals surface area contributed by atoms with Gasteiger partial charge in [0.05, 0.1) is 16.8 Å². The normalized spacial score (nSPS) is 15.9. The second-order valence-electron chi connectivity index (χ2n) is 5.72. The van der Waals surface area contributed by atoms with Crippen molar-refractivity contribution < 1.29 is 14.4 Å². The Morgan fingerprint density at radius 1 is 1.00 bits per heavy atom. The molecule has 0 N–H and O–H groups in total. The summed E-state index contributed by atoms with van der Waals surface area (Å²) in [5, 5.41) is 0. The second kappa shape index (κ2) is 4.78. The number of fused-ring (bicyclic) bond motifs is 2. The van der Waals surface area contributed by atoms with Crippen LogP contribution in [0.1, 0.15) is 33.2 Å². The van der Waals surface area contributed by atoms with Crippen molar-refractivity contribution in [2.45, 2.75) is 13.3 Å². The lowest BCUT2D eigenvalue weighted by Crippen LogP contribution is -2.29. The number of nitrogens with zero attached hydrogens (tertiary/aromatic N) is 2. The van der Waals surface area contributed by atoms with Crippen molar-refractivity contribution in [3.05, 3.63) is 59.2 Å². The van der Waals surface area contributed by atoms with Crippen LogP contribution in [-0.4, -0.2) is 24.3 Å². The molecule has 0 aromatic heterocycles. The van der Waals surface area contributed by atoms with Gasteiger partial charge in [0, 0.05) is 19.2 Å². The van der Waals surface area contributed by atoms with Gasteiger partial charge < -0.3 is 4.90 Å². The zero-order chi connectivity index (χ0) is 16.1. The van der Waals surface area contributed by atoms with Crippen molar-refractivity contribution in [1.29, 1.82) is 0 Å². The van der Waals surface area contributed by atoms with Gasteiger partial charge in [0.15, 0.2) is 0 Å². The Morgan fingerprint density at radius 2 is 1.65 bits per heavy atom. The first-order chi connectivity index (χ1) is 11.1. The molecule has 0 saturated carbocycles. The van der Waals surface area contributed by atoms with Gasteiger partial charge in [0.2, 0.25) is 5.91 Å². The molecule has 0 spiro atoms. The lowest BCUT2D eigenvalue weighted by molar-refractivity contribution is -0.116. The largest absolute Gasteiger partial charge is 0.312 e. The highest BCUT2D eigenvalue weighted by Crippen LogP contribution is 2.34. The van der Waals surface area contributed by atoms with E-state index in [2.05, 4.69) is 0 Å². The number of carbonyl (C=O) groups is 3. The predicted molar refractivity (Wildman–Crippen MR) is 85.8 cm³/mol. The first kappa shape index (κ1) is 13.7. The highest BCUT2D eigenvalue weighted by Gasteiger charge is 2.37. The molecule has 0 atom stereocenters. The van der Waals surface area contributed by atoms with E-state index < -0.39 is 0 Å². The van der Waals surface area contributed by atoms with Crippen molar-refractivity contribution in [3.63, 3.8) is 0 Å². The molecule has 3 amide bonds. The fourth-order valence-electron chi connectivity index (χ4n) is 3.28. The van der Waals surface area contributed by atoms with E-state index >= 15 is 0 Å². The fourth-order valence-corrected chi connectivity index (χ4v) is 3.28. The second-order valence-corrected chi connectivity index (χ2v) is 5.72. The highest BCUT2D eigenvalue weighted by atomic mass is 16.2. The lowest BCUT2D eigenvalue weighted by Gasteiger charge is -2.17. The van der Waals surface area contributed by atoms with Gasteiger partial charge in [-0.1, -0.05) is 12.1 Å². The van der Waals surface area contributed by atoms with Crippen molar-refractivity contribution in [1.82, 2.24) is 0 Å². The number of hydrogen-bond donors (Lipinski definition) is 0. The number of benzene rings is 2. The first-order valence-electron chi connectivity index (χ1n) is 7.47. The Kier molecular flexibility index (Phi) is 2.84. The lowest BCUT2D eigenvalue weighted by atomic mass is 10.1. The minimum absolute atomic E-state index is 0.00256. The van der Waals surface area contributed by atoms with E-state index in [1.807, 2.05) is 12.1 Å². The summed E-state index contributed by atoms with van der Waals surface area (Å²) in [6.07, 6.45) is 0.728. The topological polar surface area (TPSA) is 57.7 Å². The summed E-state index contributed by atoms with van der Waals surface area (Å²) in [5.74, 6) is -0.601. The Bertz CT molecular complexity index is 837. The van der Waals surface area contributed by atoms with E-state index in [-0.39, 0.29) is 17.7 Å². The van der Waals surface area contributed by atoms with Gasteiger partial charge >= 0.3 is 0 Å². The molecule has 0 aliphatic carbocycles. The van der Waals surface area contributed by atoms with Crippen molar-refractivity contribution >= 4 is 29.1 Å². The van der Waals surface area contributed by atoms with Gasteiger partial charge in [0.25, 0.3) is 11.8 Å². The fraction of sp³-hybridized carbons (Fsp3) is 0.167. The van der Waals surface area contributed by atoms with Gasteiger partial charge in [-0.05, 0) is 42.3 Å². The van der Waals surface area contributed by atoms with Crippen LogP contribution in [0.15, 0.2) is 42.5 Å².